The van der Waals surface area contributed by atoms with Crippen LogP contribution in [0.5, 0.6) is 0 Å². The van der Waals surface area contributed by atoms with Gasteiger partial charge in [-0.2, -0.15) is 0 Å². The summed E-state index contributed by atoms with van der Waals surface area (Å²) in [6.45, 7) is 10.9. The maximum atomic E-state index is 13.7. The number of aromatic nitrogens is 2. The third-order valence-electron chi connectivity index (χ3n) is 6.45. The summed E-state index contributed by atoms with van der Waals surface area (Å²) in [6, 6.07) is 14.0. The van der Waals surface area contributed by atoms with E-state index in [-0.39, 0.29) is 11.0 Å². The molecule has 170 valence electrons. The molecule has 3 heterocycles. The molecule has 4 rings (SSSR count). The van der Waals surface area contributed by atoms with Crippen LogP contribution in [0.3, 0.4) is 0 Å². The summed E-state index contributed by atoms with van der Waals surface area (Å²) < 4.78 is 15.3. The quantitative estimate of drug-likeness (QED) is 0.632. The highest BCUT2D eigenvalue weighted by molar-refractivity contribution is 5.74. The summed E-state index contributed by atoms with van der Waals surface area (Å²) in [7, 11) is 0. The first-order chi connectivity index (χ1) is 15.3. The van der Waals surface area contributed by atoms with Crippen molar-refractivity contribution in [2.45, 2.75) is 58.2 Å². The molecular formula is C26H33FN4O. The Morgan fingerprint density at radius 1 is 1.06 bits per heavy atom. The van der Waals surface area contributed by atoms with E-state index in [1.54, 1.807) is 10.6 Å². The third-order valence-corrected chi connectivity index (χ3v) is 6.45. The van der Waals surface area contributed by atoms with Crippen molar-refractivity contribution in [3.63, 3.8) is 0 Å². The molecule has 1 aliphatic heterocycles. The molecule has 1 saturated heterocycles. The Hall–Kier alpha value is -2.57. The number of halogens is 1. The number of fused-ring (bicyclic) bond motifs is 1. The van der Waals surface area contributed by atoms with Gasteiger partial charge in [-0.15, -0.1) is 0 Å². The van der Waals surface area contributed by atoms with E-state index in [1.165, 1.54) is 29.5 Å². The zero-order chi connectivity index (χ0) is 22.7. The van der Waals surface area contributed by atoms with Crippen LogP contribution in [0.1, 0.15) is 44.7 Å². The van der Waals surface area contributed by atoms with Gasteiger partial charge in [-0.3, -0.25) is 9.78 Å². The lowest BCUT2D eigenvalue weighted by molar-refractivity contribution is 0.191. The molecule has 5 nitrogen and oxygen atoms in total. The van der Waals surface area contributed by atoms with Gasteiger partial charge >= 0.3 is 0 Å². The lowest BCUT2D eigenvalue weighted by atomic mass is 9.87. The van der Waals surface area contributed by atoms with Gasteiger partial charge in [0, 0.05) is 37.8 Å². The molecule has 1 aliphatic rings. The normalized spacial score (nSPS) is 16.0. The second-order valence-corrected chi connectivity index (χ2v) is 9.82. The van der Waals surface area contributed by atoms with Crippen LogP contribution in [0.2, 0.25) is 0 Å². The molecule has 0 spiro atoms. The number of benzene rings is 1. The highest BCUT2D eigenvalue weighted by Crippen LogP contribution is 2.22. The fourth-order valence-corrected chi connectivity index (χ4v) is 4.36. The monoisotopic (exact) mass is 436 g/mol. The number of rotatable bonds is 6. The highest BCUT2D eigenvalue weighted by Gasteiger charge is 2.19. The molecule has 3 aromatic rings. The van der Waals surface area contributed by atoms with Crippen molar-refractivity contribution in [3.8, 4) is 0 Å². The van der Waals surface area contributed by atoms with Crippen molar-refractivity contribution in [1.82, 2.24) is 19.8 Å². The van der Waals surface area contributed by atoms with Gasteiger partial charge in [-0.05, 0) is 48.5 Å². The van der Waals surface area contributed by atoms with Gasteiger partial charge in [0.05, 0.1) is 17.2 Å². The summed E-state index contributed by atoms with van der Waals surface area (Å²) in [5.74, 6) is -0.420. The summed E-state index contributed by atoms with van der Waals surface area (Å²) in [5, 5.41) is 3.70. The number of piperidine rings is 1. The van der Waals surface area contributed by atoms with Crippen LogP contribution in [0, 0.1) is 5.82 Å². The Bertz CT molecular complexity index is 1110. The Balaban J connectivity index is 1.27. The van der Waals surface area contributed by atoms with Gasteiger partial charge in [0.15, 0.2) is 0 Å². The number of nitrogens with zero attached hydrogens (tertiary/aromatic N) is 3. The maximum Gasteiger partial charge on any atom is 0.251 e. The minimum Gasteiger partial charge on any atom is -0.310 e. The molecule has 1 fully saturated rings. The molecule has 2 aromatic heterocycles. The third kappa shape index (κ3) is 5.43. The van der Waals surface area contributed by atoms with Crippen molar-refractivity contribution < 1.29 is 4.39 Å². The zero-order valence-electron chi connectivity index (χ0n) is 19.3. The van der Waals surface area contributed by atoms with Crippen molar-refractivity contribution in [2.24, 2.45) is 0 Å². The van der Waals surface area contributed by atoms with E-state index in [1.807, 2.05) is 0 Å². The average Bonchev–Trinajstić information content (AvgIpc) is 2.77. The SMILES string of the molecule is CC(C)(C)c1ccc(CNC2CCN(CCn3c(=O)ccc4ncc(F)cc43)CC2)cc1. The minimum absolute atomic E-state index is 0.112. The van der Waals surface area contributed by atoms with Crippen LogP contribution in [0.15, 0.2) is 53.5 Å². The summed E-state index contributed by atoms with van der Waals surface area (Å²) >= 11 is 0. The molecule has 0 bridgehead atoms. The number of hydrogen-bond acceptors (Lipinski definition) is 4. The van der Waals surface area contributed by atoms with Gasteiger partial charge in [0.25, 0.3) is 5.56 Å². The van der Waals surface area contributed by atoms with Gasteiger partial charge in [0.1, 0.15) is 5.82 Å². The molecule has 0 amide bonds. The average molecular weight is 437 g/mol. The predicted octanol–water partition coefficient (Wildman–Crippen LogP) is 4.09. The van der Waals surface area contributed by atoms with Gasteiger partial charge in [-0.25, -0.2) is 4.39 Å². The van der Waals surface area contributed by atoms with E-state index in [9.17, 15) is 9.18 Å². The van der Waals surface area contributed by atoms with Crippen molar-refractivity contribution in [1.29, 1.82) is 0 Å². The molecule has 32 heavy (non-hydrogen) atoms. The lowest BCUT2D eigenvalue weighted by Gasteiger charge is -2.32. The fourth-order valence-electron chi connectivity index (χ4n) is 4.36. The Morgan fingerprint density at radius 3 is 2.47 bits per heavy atom. The first-order valence-electron chi connectivity index (χ1n) is 11.5. The lowest BCUT2D eigenvalue weighted by Crippen LogP contribution is -2.43. The predicted molar refractivity (Wildman–Crippen MR) is 127 cm³/mol. The minimum atomic E-state index is -0.420. The zero-order valence-corrected chi connectivity index (χ0v) is 19.3. The number of hydrogen-bond donors (Lipinski definition) is 1. The number of likely N-dealkylation sites (tertiary alicyclic amines) is 1. The molecule has 0 unspecified atom stereocenters. The Morgan fingerprint density at radius 2 is 1.78 bits per heavy atom. The van der Waals surface area contributed by atoms with E-state index in [2.05, 4.69) is 60.2 Å². The van der Waals surface area contributed by atoms with Gasteiger partial charge in [-0.1, -0.05) is 45.0 Å². The van der Waals surface area contributed by atoms with Crippen LogP contribution in [0.25, 0.3) is 11.0 Å². The molecular weight excluding hydrogens is 403 g/mol. The van der Waals surface area contributed by atoms with Crippen molar-refractivity contribution in [3.05, 3.63) is 76.0 Å². The molecule has 0 atom stereocenters. The molecule has 6 heteroatoms. The summed E-state index contributed by atoms with van der Waals surface area (Å²) in [4.78, 5) is 18.8. The first kappa shape index (κ1) is 22.6. The van der Waals surface area contributed by atoms with Crippen LogP contribution in [0.4, 0.5) is 4.39 Å². The standard InChI is InChI=1S/C26H33FN4O/c1-26(2,3)20-6-4-19(5-7-20)17-28-22-10-12-30(13-11-22)14-15-31-24-16-21(27)18-29-23(24)8-9-25(31)32/h4-9,16,18,22,28H,10-15,17H2,1-3H3. The fraction of sp³-hybridized carbons (Fsp3) is 0.462. The number of pyridine rings is 2. The molecule has 1 aromatic carbocycles. The van der Waals surface area contributed by atoms with E-state index >= 15 is 0 Å². The van der Waals surface area contributed by atoms with E-state index in [4.69, 9.17) is 0 Å². The second kappa shape index (κ2) is 9.51. The number of nitrogens with one attached hydrogen (secondary N) is 1. The molecule has 0 aliphatic carbocycles. The van der Waals surface area contributed by atoms with E-state index in [0.29, 0.717) is 23.6 Å². The molecule has 0 saturated carbocycles. The van der Waals surface area contributed by atoms with Crippen LogP contribution >= 0.6 is 0 Å². The van der Waals surface area contributed by atoms with Crippen LogP contribution < -0.4 is 10.9 Å². The maximum absolute atomic E-state index is 13.7. The Labute approximate surface area is 189 Å². The Kier molecular flexibility index (Phi) is 6.72. The first-order valence-corrected chi connectivity index (χ1v) is 11.5. The van der Waals surface area contributed by atoms with Crippen molar-refractivity contribution >= 4 is 11.0 Å². The highest BCUT2D eigenvalue weighted by atomic mass is 19.1. The largest absolute Gasteiger partial charge is 0.310 e. The molecule has 0 radical (unpaired) electrons. The van der Waals surface area contributed by atoms with Crippen LogP contribution in [-0.4, -0.2) is 40.1 Å². The van der Waals surface area contributed by atoms with E-state index in [0.717, 1.165) is 39.0 Å². The second-order valence-electron chi connectivity index (χ2n) is 9.82. The summed E-state index contributed by atoms with van der Waals surface area (Å²) in [6.07, 6.45) is 3.36. The van der Waals surface area contributed by atoms with Gasteiger partial charge in [0.2, 0.25) is 0 Å². The molecule has 1 N–H and O–H groups in total. The summed E-state index contributed by atoms with van der Waals surface area (Å²) in [5.41, 5.74) is 3.95. The van der Waals surface area contributed by atoms with Crippen LogP contribution in [-0.2, 0) is 18.5 Å². The van der Waals surface area contributed by atoms with E-state index < -0.39 is 5.82 Å². The van der Waals surface area contributed by atoms with Crippen molar-refractivity contribution in [2.75, 3.05) is 19.6 Å². The topological polar surface area (TPSA) is 50.2 Å². The smallest absolute Gasteiger partial charge is 0.251 e. The van der Waals surface area contributed by atoms with Gasteiger partial charge < -0.3 is 14.8 Å².